The summed E-state index contributed by atoms with van der Waals surface area (Å²) < 4.78 is 0. The van der Waals surface area contributed by atoms with Crippen molar-refractivity contribution in [3.05, 3.63) is 22.4 Å². The molecule has 0 atom stereocenters. The fraction of sp³-hybridized carbons (Fsp3) is 0.643. The van der Waals surface area contributed by atoms with Crippen molar-refractivity contribution in [2.75, 3.05) is 0 Å². The molecule has 1 nitrogen and oxygen atoms in total. The van der Waals surface area contributed by atoms with E-state index in [9.17, 15) is 4.79 Å². The van der Waals surface area contributed by atoms with E-state index in [2.05, 4.69) is 6.07 Å². The van der Waals surface area contributed by atoms with Crippen molar-refractivity contribution in [1.82, 2.24) is 0 Å². The molecule has 0 aromatic carbocycles. The van der Waals surface area contributed by atoms with Crippen molar-refractivity contribution in [3.63, 3.8) is 0 Å². The number of rotatable bonds is 5. The van der Waals surface area contributed by atoms with Crippen molar-refractivity contribution in [1.29, 1.82) is 0 Å². The monoisotopic (exact) mass is 236 g/mol. The van der Waals surface area contributed by atoms with E-state index < -0.39 is 0 Å². The van der Waals surface area contributed by atoms with Gasteiger partial charge >= 0.3 is 0 Å². The van der Waals surface area contributed by atoms with Crippen molar-refractivity contribution in [3.8, 4) is 0 Å². The van der Waals surface area contributed by atoms with Gasteiger partial charge in [0.25, 0.3) is 0 Å². The lowest BCUT2D eigenvalue weighted by Gasteiger charge is -2.20. The SMILES string of the molecule is O=C(CCC1CCCCC1)Cc1cccs1. The highest BCUT2D eigenvalue weighted by molar-refractivity contribution is 7.10. The smallest absolute Gasteiger partial charge is 0.138 e. The first-order chi connectivity index (χ1) is 7.84. The molecule has 0 amide bonds. The number of thiophene rings is 1. The maximum absolute atomic E-state index is 11.8. The molecule has 0 radical (unpaired) electrons. The highest BCUT2D eigenvalue weighted by Crippen LogP contribution is 2.27. The molecule has 1 aliphatic carbocycles. The topological polar surface area (TPSA) is 17.1 Å². The molecule has 1 heterocycles. The van der Waals surface area contributed by atoms with Gasteiger partial charge in [0.05, 0.1) is 0 Å². The van der Waals surface area contributed by atoms with E-state index >= 15 is 0 Å². The highest BCUT2D eigenvalue weighted by atomic mass is 32.1. The Balaban J connectivity index is 1.67. The molecule has 0 unspecified atom stereocenters. The lowest BCUT2D eigenvalue weighted by molar-refractivity contribution is -0.118. The first-order valence-corrected chi connectivity index (χ1v) is 7.26. The normalized spacial score (nSPS) is 17.5. The number of carbonyl (C=O) groups is 1. The molecular formula is C14H20OS. The number of Topliss-reactive ketones (excluding diaryl/α,β-unsaturated/α-hetero) is 1. The highest BCUT2D eigenvalue weighted by Gasteiger charge is 2.14. The molecule has 16 heavy (non-hydrogen) atoms. The van der Waals surface area contributed by atoms with Crippen LogP contribution < -0.4 is 0 Å². The van der Waals surface area contributed by atoms with Crippen LogP contribution in [0.1, 0.15) is 49.8 Å². The minimum atomic E-state index is 0.424. The van der Waals surface area contributed by atoms with E-state index in [1.165, 1.54) is 37.0 Å². The fourth-order valence-electron chi connectivity index (χ4n) is 2.54. The Labute approximate surface area is 102 Å². The molecule has 88 valence electrons. The quantitative estimate of drug-likeness (QED) is 0.748. The van der Waals surface area contributed by atoms with Crippen LogP contribution in [0.3, 0.4) is 0 Å². The van der Waals surface area contributed by atoms with Crippen molar-refractivity contribution < 1.29 is 4.79 Å². The van der Waals surface area contributed by atoms with Crippen LogP contribution in [0.2, 0.25) is 0 Å². The molecule has 1 fully saturated rings. The maximum atomic E-state index is 11.8. The lowest BCUT2D eigenvalue weighted by Crippen LogP contribution is -2.09. The first kappa shape index (κ1) is 11.8. The third kappa shape index (κ3) is 3.75. The molecule has 1 saturated carbocycles. The Bertz CT molecular complexity index is 309. The average molecular weight is 236 g/mol. The summed E-state index contributed by atoms with van der Waals surface area (Å²) >= 11 is 1.69. The van der Waals surface area contributed by atoms with Crippen LogP contribution in [-0.4, -0.2) is 5.78 Å². The summed E-state index contributed by atoms with van der Waals surface area (Å²) in [4.78, 5) is 13.0. The minimum Gasteiger partial charge on any atom is -0.299 e. The van der Waals surface area contributed by atoms with Gasteiger partial charge < -0.3 is 0 Å². The summed E-state index contributed by atoms with van der Waals surface area (Å²) in [6.07, 6.45) is 9.45. The van der Waals surface area contributed by atoms with E-state index in [0.717, 1.165) is 18.8 Å². The van der Waals surface area contributed by atoms with Gasteiger partial charge in [-0.15, -0.1) is 11.3 Å². The van der Waals surface area contributed by atoms with Gasteiger partial charge in [0.2, 0.25) is 0 Å². The van der Waals surface area contributed by atoms with Gasteiger partial charge in [-0.2, -0.15) is 0 Å². The zero-order valence-electron chi connectivity index (χ0n) is 9.78. The lowest BCUT2D eigenvalue weighted by atomic mass is 9.85. The Morgan fingerprint density at radius 2 is 2.12 bits per heavy atom. The Kier molecular flexibility index (Phi) is 4.58. The Hall–Kier alpha value is -0.630. The van der Waals surface area contributed by atoms with Gasteiger partial charge in [0.1, 0.15) is 5.78 Å². The van der Waals surface area contributed by atoms with Crippen LogP contribution in [0.15, 0.2) is 17.5 Å². The molecule has 0 bridgehead atoms. The second kappa shape index (κ2) is 6.19. The third-order valence-corrected chi connectivity index (χ3v) is 4.38. The number of carbonyl (C=O) groups excluding carboxylic acids is 1. The summed E-state index contributed by atoms with van der Waals surface area (Å²) in [5.41, 5.74) is 0. The summed E-state index contributed by atoms with van der Waals surface area (Å²) in [6.45, 7) is 0. The van der Waals surface area contributed by atoms with E-state index in [4.69, 9.17) is 0 Å². The predicted octanol–water partition coefficient (Wildman–Crippen LogP) is 4.22. The molecule has 2 rings (SSSR count). The Morgan fingerprint density at radius 1 is 1.31 bits per heavy atom. The van der Waals surface area contributed by atoms with Gasteiger partial charge in [0.15, 0.2) is 0 Å². The fourth-order valence-corrected chi connectivity index (χ4v) is 3.27. The van der Waals surface area contributed by atoms with E-state index in [0.29, 0.717) is 12.2 Å². The van der Waals surface area contributed by atoms with Gasteiger partial charge in [-0.25, -0.2) is 0 Å². The molecule has 0 saturated heterocycles. The molecule has 2 heteroatoms. The largest absolute Gasteiger partial charge is 0.299 e. The van der Waals surface area contributed by atoms with Crippen molar-refractivity contribution in [2.24, 2.45) is 5.92 Å². The number of hydrogen-bond acceptors (Lipinski definition) is 2. The maximum Gasteiger partial charge on any atom is 0.138 e. The second-order valence-electron chi connectivity index (χ2n) is 4.84. The third-order valence-electron chi connectivity index (χ3n) is 3.51. The molecule has 1 aliphatic rings. The summed E-state index contributed by atoms with van der Waals surface area (Å²) in [5.74, 6) is 1.26. The van der Waals surface area contributed by atoms with E-state index in [-0.39, 0.29) is 0 Å². The standard InChI is InChI=1S/C14H20OS/c15-13(11-14-7-4-10-16-14)9-8-12-5-2-1-3-6-12/h4,7,10,12H,1-3,5-6,8-9,11H2. The molecule has 0 N–H and O–H groups in total. The van der Waals surface area contributed by atoms with Crippen molar-refractivity contribution >= 4 is 17.1 Å². The second-order valence-corrected chi connectivity index (χ2v) is 5.87. The average Bonchev–Trinajstić information content (AvgIpc) is 2.81. The number of ketones is 1. The molecule has 1 aromatic heterocycles. The van der Waals surface area contributed by atoms with Crippen LogP contribution in [0.5, 0.6) is 0 Å². The zero-order valence-corrected chi connectivity index (χ0v) is 10.6. The van der Waals surface area contributed by atoms with Gasteiger partial charge in [-0.3, -0.25) is 4.79 Å². The van der Waals surface area contributed by atoms with E-state index in [1.807, 2.05) is 11.4 Å². The summed E-state index contributed by atoms with van der Waals surface area (Å²) in [7, 11) is 0. The first-order valence-electron chi connectivity index (χ1n) is 6.38. The van der Waals surface area contributed by atoms with Gasteiger partial charge in [-0.1, -0.05) is 38.2 Å². The van der Waals surface area contributed by atoms with E-state index in [1.54, 1.807) is 11.3 Å². The molecule has 0 aliphatic heterocycles. The van der Waals surface area contributed by atoms with Crippen LogP contribution >= 0.6 is 11.3 Å². The molecular weight excluding hydrogens is 216 g/mol. The Morgan fingerprint density at radius 3 is 2.81 bits per heavy atom. The predicted molar refractivity (Wildman–Crippen MR) is 68.8 cm³/mol. The number of hydrogen-bond donors (Lipinski definition) is 0. The van der Waals surface area contributed by atoms with Crippen LogP contribution in [-0.2, 0) is 11.2 Å². The molecule has 1 aromatic rings. The van der Waals surface area contributed by atoms with Crippen LogP contribution in [0, 0.1) is 5.92 Å². The van der Waals surface area contributed by atoms with Crippen molar-refractivity contribution in [2.45, 2.75) is 51.4 Å². The zero-order chi connectivity index (χ0) is 11.2. The van der Waals surface area contributed by atoms with Gasteiger partial charge in [0, 0.05) is 17.7 Å². The van der Waals surface area contributed by atoms with Gasteiger partial charge in [-0.05, 0) is 23.8 Å². The minimum absolute atomic E-state index is 0.424. The summed E-state index contributed by atoms with van der Waals surface area (Å²) in [6, 6.07) is 4.08. The molecule has 0 spiro atoms. The van der Waals surface area contributed by atoms with Crippen LogP contribution in [0.4, 0.5) is 0 Å². The van der Waals surface area contributed by atoms with Crippen LogP contribution in [0.25, 0.3) is 0 Å². The summed E-state index contributed by atoms with van der Waals surface area (Å²) in [5, 5.41) is 2.05.